The predicted octanol–water partition coefficient (Wildman–Crippen LogP) is 3.90. The summed E-state index contributed by atoms with van der Waals surface area (Å²) >= 11 is 1.16. The minimum absolute atomic E-state index is 0.342. The molecular weight excluding hydrogens is 280 g/mol. The van der Waals surface area contributed by atoms with Crippen LogP contribution in [0, 0.1) is 11.6 Å². The molecule has 3 nitrogen and oxygen atoms in total. The number of rotatable bonds is 5. The monoisotopic (exact) mass is 295 g/mol. The lowest BCUT2D eigenvalue weighted by Crippen LogP contribution is -2.03. The third-order valence-corrected chi connectivity index (χ3v) is 3.50. The Bertz CT molecular complexity index is 605. The van der Waals surface area contributed by atoms with Crippen LogP contribution in [0.5, 0.6) is 0 Å². The van der Waals surface area contributed by atoms with E-state index in [0.717, 1.165) is 24.4 Å². The van der Waals surface area contributed by atoms with E-state index in [0.29, 0.717) is 28.0 Å². The van der Waals surface area contributed by atoms with E-state index < -0.39 is 11.6 Å². The number of nitrogens with zero attached hydrogens (tertiary/aromatic N) is 2. The number of benzene rings is 1. The van der Waals surface area contributed by atoms with Crippen LogP contribution in [-0.2, 0) is 6.42 Å². The molecule has 0 bridgehead atoms. The van der Waals surface area contributed by atoms with E-state index in [1.165, 1.54) is 12.1 Å². The first-order valence-corrected chi connectivity index (χ1v) is 7.18. The summed E-state index contributed by atoms with van der Waals surface area (Å²) < 4.78 is 26.5. The molecule has 6 heteroatoms. The lowest BCUT2D eigenvalue weighted by molar-refractivity contribution is 0.565. The van der Waals surface area contributed by atoms with E-state index >= 15 is 0 Å². The average Bonchev–Trinajstić information content (AvgIpc) is 2.42. The van der Waals surface area contributed by atoms with E-state index in [1.807, 2.05) is 13.8 Å². The fraction of sp³-hybridized carbons (Fsp3) is 0.286. The summed E-state index contributed by atoms with van der Waals surface area (Å²) in [5.74, 6) is 0.228. The number of anilines is 1. The van der Waals surface area contributed by atoms with Crippen LogP contribution < -0.4 is 5.32 Å². The van der Waals surface area contributed by atoms with Crippen LogP contribution in [0.4, 0.5) is 14.6 Å². The standard InChI is InChI=1S/C14H15F2N3S/c1-3-12-18-13(17-4-2)8-14(19-12)20-11-6-5-9(15)7-10(11)16/h5-8H,3-4H2,1-2H3,(H,17,18,19). The second kappa shape index (κ2) is 6.65. The molecular formula is C14H15F2N3S. The Labute approximate surface area is 120 Å². The van der Waals surface area contributed by atoms with E-state index in [1.54, 1.807) is 6.07 Å². The fourth-order valence-corrected chi connectivity index (χ4v) is 2.46. The van der Waals surface area contributed by atoms with Gasteiger partial charge in [0, 0.05) is 30.0 Å². The Morgan fingerprint density at radius 3 is 2.60 bits per heavy atom. The van der Waals surface area contributed by atoms with Gasteiger partial charge in [0.25, 0.3) is 0 Å². The molecule has 0 fully saturated rings. The van der Waals surface area contributed by atoms with Gasteiger partial charge in [-0.3, -0.25) is 0 Å². The topological polar surface area (TPSA) is 37.8 Å². The van der Waals surface area contributed by atoms with Crippen molar-refractivity contribution in [1.82, 2.24) is 9.97 Å². The maximum Gasteiger partial charge on any atom is 0.140 e. The summed E-state index contributed by atoms with van der Waals surface area (Å²) in [6, 6.07) is 5.28. The molecule has 20 heavy (non-hydrogen) atoms. The van der Waals surface area contributed by atoms with Crippen molar-refractivity contribution >= 4 is 17.6 Å². The zero-order valence-electron chi connectivity index (χ0n) is 11.3. The maximum absolute atomic E-state index is 13.6. The highest BCUT2D eigenvalue weighted by atomic mass is 32.2. The number of hydrogen-bond donors (Lipinski definition) is 1. The Hall–Kier alpha value is -1.69. The zero-order valence-corrected chi connectivity index (χ0v) is 12.1. The van der Waals surface area contributed by atoms with Gasteiger partial charge in [0.05, 0.1) is 0 Å². The van der Waals surface area contributed by atoms with Crippen molar-refractivity contribution < 1.29 is 8.78 Å². The molecule has 0 aliphatic rings. The van der Waals surface area contributed by atoms with Gasteiger partial charge in [-0.15, -0.1) is 0 Å². The lowest BCUT2D eigenvalue weighted by Gasteiger charge is -2.08. The molecule has 0 spiro atoms. The zero-order chi connectivity index (χ0) is 14.5. The highest BCUT2D eigenvalue weighted by Gasteiger charge is 2.09. The minimum Gasteiger partial charge on any atom is -0.370 e. The van der Waals surface area contributed by atoms with E-state index in [4.69, 9.17) is 0 Å². The molecule has 2 rings (SSSR count). The van der Waals surface area contributed by atoms with Gasteiger partial charge in [-0.1, -0.05) is 18.7 Å². The molecule has 0 aliphatic heterocycles. The van der Waals surface area contributed by atoms with Gasteiger partial charge in [0.2, 0.25) is 0 Å². The van der Waals surface area contributed by atoms with Crippen LogP contribution in [0.1, 0.15) is 19.7 Å². The summed E-state index contributed by atoms with van der Waals surface area (Å²) in [7, 11) is 0. The van der Waals surface area contributed by atoms with Gasteiger partial charge in [-0.2, -0.15) is 0 Å². The number of aryl methyl sites for hydroxylation is 1. The molecule has 0 saturated carbocycles. The molecule has 106 valence electrons. The summed E-state index contributed by atoms with van der Waals surface area (Å²) in [6.45, 7) is 4.67. The summed E-state index contributed by atoms with van der Waals surface area (Å²) in [5, 5.41) is 3.75. The summed E-state index contributed by atoms with van der Waals surface area (Å²) in [4.78, 5) is 9.02. The van der Waals surface area contributed by atoms with Crippen molar-refractivity contribution in [1.29, 1.82) is 0 Å². The Balaban J connectivity index is 2.29. The first kappa shape index (κ1) is 14.7. The summed E-state index contributed by atoms with van der Waals surface area (Å²) in [5.41, 5.74) is 0. The van der Waals surface area contributed by atoms with E-state index in [2.05, 4.69) is 15.3 Å². The van der Waals surface area contributed by atoms with Crippen LogP contribution in [-0.4, -0.2) is 16.5 Å². The van der Waals surface area contributed by atoms with Crippen molar-refractivity contribution in [3.05, 3.63) is 41.7 Å². The van der Waals surface area contributed by atoms with E-state index in [9.17, 15) is 8.78 Å². The molecule has 2 aromatic rings. The fourth-order valence-electron chi connectivity index (χ4n) is 1.63. The average molecular weight is 295 g/mol. The molecule has 0 unspecified atom stereocenters. The third kappa shape index (κ3) is 3.66. The first-order valence-electron chi connectivity index (χ1n) is 6.37. The van der Waals surface area contributed by atoms with Crippen LogP contribution in [0.3, 0.4) is 0 Å². The first-order chi connectivity index (χ1) is 9.62. The van der Waals surface area contributed by atoms with Gasteiger partial charge in [0.15, 0.2) is 0 Å². The third-order valence-electron chi connectivity index (χ3n) is 2.53. The van der Waals surface area contributed by atoms with Crippen LogP contribution in [0.25, 0.3) is 0 Å². The van der Waals surface area contributed by atoms with E-state index in [-0.39, 0.29) is 0 Å². The van der Waals surface area contributed by atoms with Crippen LogP contribution in [0.2, 0.25) is 0 Å². The highest BCUT2D eigenvalue weighted by molar-refractivity contribution is 7.99. The van der Waals surface area contributed by atoms with Gasteiger partial charge in [0.1, 0.15) is 28.3 Å². The second-order valence-electron chi connectivity index (χ2n) is 4.07. The molecule has 0 saturated heterocycles. The van der Waals surface area contributed by atoms with Crippen LogP contribution in [0.15, 0.2) is 34.2 Å². The van der Waals surface area contributed by atoms with Crippen molar-refractivity contribution in [3.8, 4) is 0 Å². The number of halogens is 2. The smallest absolute Gasteiger partial charge is 0.140 e. The van der Waals surface area contributed by atoms with Crippen LogP contribution >= 0.6 is 11.8 Å². The molecule has 0 amide bonds. The largest absolute Gasteiger partial charge is 0.370 e. The Morgan fingerprint density at radius 2 is 1.95 bits per heavy atom. The van der Waals surface area contributed by atoms with Gasteiger partial charge in [-0.25, -0.2) is 18.7 Å². The van der Waals surface area contributed by atoms with Crippen molar-refractivity contribution in [2.75, 3.05) is 11.9 Å². The van der Waals surface area contributed by atoms with Gasteiger partial charge >= 0.3 is 0 Å². The molecule has 0 aliphatic carbocycles. The minimum atomic E-state index is -0.586. The van der Waals surface area contributed by atoms with Crippen molar-refractivity contribution in [2.24, 2.45) is 0 Å². The molecule has 0 atom stereocenters. The molecule has 1 aromatic carbocycles. The van der Waals surface area contributed by atoms with Gasteiger partial charge < -0.3 is 5.32 Å². The Morgan fingerprint density at radius 1 is 1.15 bits per heavy atom. The molecule has 1 N–H and O–H groups in total. The number of aromatic nitrogens is 2. The molecule has 1 heterocycles. The molecule has 1 aromatic heterocycles. The maximum atomic E-state index is 13.6. The number of nitrogens with one attached hydrogen (secondary N) is 1. The highest BCUT2D eigenvalue weighted by Crippen LogP contribution is 2.30. The SMILES string of the molecule is CCNc1cc(Sc2ccc(F)cc2F)nc(CC)n1. The van der Waals surface area contributed by atoms with Gasteiger partial charge in [-0.05, 0) is 19.1 Å². The van der Waals surface area contributed by atoms with Crippen molar-refractivity contribution in [2.45, 2.75) is 30.2 Å². The molecule has 0 radical (unpaired) electrons. The normalized spacial score (nSPS) is 10.6. The second-order valence-corrected chi connectivity index (χ2v) is 5.13. The predicted molar refractivity (Wildman–Crippen MR) is 76.1 cm³/mol. The lowest BCUT2D eigenvalue weighted by atomic mass is 10.3. The summed E-state index contributed by atoms with van der Waals surface area (Å²) in [6.07, 6.45) is 0.693. The number of hydrogen-bond acceptors (Lipinski definition) is 4. The quantitative estimate of drug-likeness (QED) is 0.849. The Kier molecular flexibility index (Phi) is 4.89. The van der Waals surface area contributed by atoms with Crippen molar-refractivity contribution in [3.63, 3.8) is 0 Å².